The van der Waals surface area contributed by atoms with Crippen molar-refractivity contribution in [3.63, 3.8) is 0 Å². The number of sulfonamides is 1. The molecule has 0 spiro atoms. The van der Waals surface area contributed by atoms with Crippen molar-refractivity contribution in [1.29, 1.82) is 0 Å². The van der Waals surface area contributed by atoms with Crippen LogP contribution in [-0.2, 0) is 16.6 Å². The molecule has 2 N–H and O–H groups in total. The molecule has 1 saturated carbocycles. The molecule has 0 amide bonds. The Morgan fingerprint density at radius 2 is 2.21 bits per heavy atom. The normalized spacial score (nSPS) is 15.8. The van der Waals surface area contributed by atoms with Crippen LogP contribution in [0.4, 0.5) is 0 Å². The summed E-state index contributed by atoms with van der Waals surface area (Å²) in [5, 5.41) is 6.12. The SMILES string of the molecule is Cc1csc(CNS(=O)(=O)CCCCNC2CC2)n1. The van der Waals surface area contributed by atoms with Crippen LogP contribution in [0.25, 0.3) is 0 Å². The predicted molar refractivity (Wildman–Crippen MR) is 77.7 cm³/mol. The fraction of sp³-hybridized carbons (Fsp3) is 0.750. The molecule has 1 aromatic rings. The molecule has 2 rings (SSSR count). The summed E-state index contributed by atoms with van der Waals surface area (Å²) in [5.74, 6) is 0.198. The molecule has 1 aromatic heterocycles. The van der Waals surface area contributed by atoms with Gasteiger partial charge in [0, 0.05) is 17.1 Å². The van der Waals surface area contributed by atoms with Gasteiger partial charge in [-0.2, -0.15) is 0 Å². The molecule has 1 heterocycles. The summed E-state index contributed by atoms with van der Waals surface area (Å²) in [6, 6.07) is 0.697. The molecule has 5 nitrogen and oxygen atoms in total. The van der Waals surface area contributed by atoms with Crippen LogP contribution in [0.2, 0.25) is 0 Å². The number of aromatic nitrogens is 1. The zero-order chi connectivity index (χ0) is 13.7. The van der Waals surface area contributed by atoms with Gasteiger partial charge in [-0.1, -0.05) is 0 Å². The van der Waals surface area contributed by atoms with Crippen LogP contribution in [0.5, 0.6) is 0 Å². The lowest BCUT2D eigenvalue weighted by Crippen LogP contribution is -2.26. The molecule has 0 radical (unpaired) electrons. The summed E-state index contributed by atoms with van der Waals surface area (Å²) in [6.07, 6.45) is 4.15. The summed E-state index contributed by atoms with van der Waals surface area (Å²) in [6.45, 7) is 3.13. The molecular formula is C12H21N3O2S2. The van der Waals surface area contributed by atoms with E-state index in [-0.39, 0.29) is 5.75 Å². The third-order valence-electron chi connectivity index (χ3n) is 2.96. The van der Waals surface area contributed by atoms with Gasteiger partial charge in [0.1, 0.15) is 5.01 Å². The molecular weight excluding hydrogens is 282 g/mol. The van der Waals surface area contributed by atoms with Crippen molar-refractivity contribution < 1.29 is 8.42 Å². The molecule has 7 heteroatoms. The molecule has 0 atom stereocenters. The lowest BCUT2D eigenvalue weighted by Gasteiger charge is -2.05. The van der Waals surface area contributed by atoms with E-state index in [1.165, 1.54) is 24.2 Å². The minimum absolute atomic E-state index is 0.198. The van der Waals surface area contributed by atoms with E-state index < -0.39 is 10.0 Å². The van der Waals surface area contributed by atoms with Gasteiger partial charge in [0.2, 0.25) is 10.0 Å². The standard InChI is InChI=1S/C12H21N3O2S2/c1-10-9-18-12(15-10)8-14-19(16,17)7-3-2-6-13-11-4-5-11/h9,11,13-14H,2-8H2,1H3. The Morgan fingerprint density at radius 3 is 2.84 bits per heavy atom. The highest BCUT2D eigenvalue weighted by atomic mass is 32.2. The number of aryl methyl sites for hydroxylation is 1. The average molecular weight is 303 g/mol. The molecule has 19 heavy (non-hydrogen) atoms. The van der Waals surface area contributed by atoms with Gasteiger partial charge in [-0.25, -0.2) is 18.1 Å². The Hall–Kier alpha value is -0.500. The van der Waals surface area contributed by atoms with E-state index in [1.807, 2.05) is 12.3 Å². The molecule has 0 unspecified atom stereocenters. The first-order valence-electron chi connectivity index (χ1n) is 6.67. The minimum atomic E-state index is -3.17. The molecule has 1 aliphatic rings. The topological polar surface area (TPSA) is 71.1 Å². The van der Waals surface area contributed by atoms with Gasteiger partial charge in [0.15, 0.2) is 0 Å². The van der Waals surface area contributed by atoms with Crippen molar-refractivity contribution in [3.05, 3.63) is 16.1 Å². The highest BCUT2D eigenvalue weighted by Gasteiger charge is 2.19. The second-order valence-corrected chi connectivity index (χ2v) is 7.83. The van der Waals surface area contributed by atoms with Crippen molar-refractivity contribution in [2.24, 2.45) is 0 Å². The average Bonchev–Trinajstić information content (AvgIpc) is 3.08. The van der Waals surface area contributed by atoms with Crippen LogP contribution in [-0.4, -0.2) is 31.7 Å². The molecule has 1 fully saturated rings. The third-order valence-corrected chi connectivity index (χ3v) is 5.34. The maximum Gasteiger partial charge on any atom is 0.211 e. The first kappa shape index (κ1) is 14.9. The fourth-order valence-electron chi connectivity index (χ4n) is 1.74. The van der Waals surface area contributed by atoms with E-state index in [4.69, 9.17) is 0 Å². The lowest BCUT2D eigenvalue weighted by atomic mass is 10.3. The van der Waals surface area contributed by atoms with E-state index in [0.29, 0.717) is 19.0 Å². The van der Waals surface area contributed by atoms with Crippen LogP contribution in [0.3, 0.4) is 0 Å². The summed E-state index contributed by atoms with van der Waals surface area (Å²) in [5.41, 5.74) is 0.936. The number of rotatable bonds is 9. The van der Waals surface area contributed by atoms with Crippen molar-refractivity contribution in [1.82, 2.24) is 15.0 Å². The van der Waals surface area contributed by atoms with E-state index in [9.17, 15) is 8.42 Å². The predicted octanol–water partition coefficient (Wildman–Crippen LogP) is 1.40. The molecule has 0 aromatic carbocycles. The Bertz CT molecular complexity index is 495. The monoisotopic (exact) mass is 303 g/mol. The quantitative estimate of drug-likeness (QED) is 0.677. The number of unbranched alkanes of at least 4 members (excludes halogenated alkanes) is 1. The highest BCUT2D eigenvalue weighted by molar-refractivity contribution is 7.89. The van der Waals surface area contributed by atoms with E-state index in [2.05, 4.69) is 15.0 Å². The first-order chi connectivity index (χ1) is 9.05. The highest BCUT2D eigenvalue weighted by Crippen LogP contribution is 2.18. The number of nitrogens with one attached hydrogen (secondary N) is 2. The largest absolute Gasteiger partial charge is 0.314 e. The van der Waals surface area contributed by atoms with Gasteiger partial charge in [0.25, 0.3) is 0 Å². The molecule has 0 aliphatic heterocycles. The Labute approximate surface area is 118 Å². The second kappa shape index (κ2) is 6.78. The van der Waals surface area contributed by atoms with E-state index in [0.717, 1.165) is 23.7 Å². The molecule has 0 saturated heterocycles. The van der Waals surface area contributed by atoms with Crippen LogP contribution in [0.15, 0.2) is 5.38 Å². The number of hydrogen-bond acceptors (Lipinski definition) is 5. The number of nitrogens with zero attached hydrogens (tertiary/aromatic N) is 1. The van der Waals surface area contributed by atoms with Crippen LogP contribution in [0.1, 0.15) is 36.4 Å². The summed E-state index contributed by atoms with van der Waals surface area (Å²) >= 11 is 1.48. The maximum absolute atomic E-state index is 11.8. The summed E-state index contributed by atoms with van der Waals surface area (Å²) in [4.78, 5) is 4.23. The van der Waals surface area contributed by atoms with E-state index in [1.54, 1.807) is 0 Å². The van der Waals surface area contributed by atoms with Gasteiger partial charge in [0.05, 0.1) is 12.3 Å². The van der Waals surface area contributed by atoms with Gasteiger partial charge in [-0.3, -0.25) is 0 Å². The van der Waals surface area contributed by atoms with Crippen molar-refractivity contribution in [2.75, 3.05) is 12.3 Å². The lowest BCUT2D eigenvalue weighted by molar-refractivity contribution is 0.572. The summed E-state index contributed by atoms with van der Waals surface area (Å²) < 4.78 is 26.1. The van der Waals surface area contributed by atoms with Crippen molar-refractivity contribution in [2.45, 2.75) is 45.2 Å². The van der Waals surface area contributed by atoms with Crippen LogP contribution >= 0.6 is 11.3 Å². The first-order valence-corrected chi connectivity index (χ1v) is 9.20. The molecule has 0 bridgehead atoms. The number of thiazole rings is 1. The zero-order valence-electron chi connectivity index (χ0n) is 11.2. The van der Waals surface area contributed by atoms with Crippen LogP contribution in [0, 0.1) is 6.92 Å². The van der Waals surface area contributed by atoms with E-state index >= 15 is 0 Å². The van der Waals surface area contributed by atoms with Gasteiger partial charge in [-0.05, 0) is 39.2 Å². The van der Waals surface area contributed by atoms with Crippen LogP contribution < -0.4 is 10.0 Å². The summed E-state index contributed by atoms with van der Waals surface area (Å²) in [7, 11) is -3.17. The Morgan fingerprint density at radius 1 is 1.42 bits per heavy atom. The van der Waals surface area contributed by atoms with Gasteiger partial charge in [-0.15, -0.1) is 11.3 Å². The second-order valence-electron chi connectivity index (χ2n) is 4.96. The molecule has 108 valence electrons. The fourth-order valence-corrected chi connectivity index (χ4v) is 3.63. The van der Waals surface area contributed by atoms with Crippen molar-refractivity contribution >= 4 is 21.4 Å². The Kier molecular flexibility index (Phi) is 5.32. The van der Waals surface area contributed by atoms with Gasteiger partial charge < -0.3 is 5.32 Å². The van der Waals surface area contributed by atoms with Crippen molar-refractivity contribution in [3.8, 4) is 0 Å². The smallest absolute Gasteiger partial charge is 0.211 e. The maximum atomic E-state index is 11.8. The number of hydrogen-bond donors (Lipinski definition) is 2. The molecule has 1 aliphatic carbocycles. The zero-order valence-corrected chi connectivity index (χ0v) is 12.8. The van der Waals surface area contributed by atoms with Gasteiger partial charge >= 0.3 is 0 Å². The Balaban J connectivity index is 1.60. The minimum Gasteiger partial charge on any atom is -0.314 e. The third kappa shape index (κ3) is 5.99.